The Kier molecular flexibility index (Phi) is 10.1. The minimum absolute atomic E-state index is 0. The van der Waals surface area contributed by atoms with E-state index in [4.69, 9.17) is 0 Å². The molecular weight excluding hydrogens is 387 g/mol. The molecule has 8 heteroatoms. The Morgan fingerprint density at radius 2 is 1.96 bits per heavy atom. The van der Waals surface area contributed by atoms with Crippen molar-refractivity contribution in [2.45, 2.75) is 39.0 Å². The van der Waals surface area contributed by atoms with E-state index in [1.807, 2.05) is 24.0 Å². The van der Waals surface area contributed by atoms with Gasteiger partial charge in [-0.3, -0.25) is 9.59 Å². The Hall–Kier alpha value is -1.37. The number of anilines is 1. The Bertz CT molecular complexity index is 598. The number of hydrogen-bond acceptors (Lipinski definition) is 4. The topological polar surface area (TPSA) is 74.3 Å². The number of pyridine rings is 1. The Labute approximate surface area is 173 Å². The van der Waals surface area contributed by atoms with Gasteiger partial charge < -0.3 is 15.5 Å². The van der Waals surface area contributed by atoms with Crippen LogP contribution in [0.3, 0.4) is 0 Å². The molecule has 6 nitrogen and oxygen atoms in total. The number of aryl methyl sites for hydroxylation is 1. The first-order valence-electron chi connectivity index (χ1n) is 9.34. The molecule has 2 aliphatic heterocycles. The highest BCUT2D eigenvalue weighted by atomic mass is 35.5. The summed E-state index contributed by atoms with van der Waals surface area (Å²) in [7, 11) is 0. The Balaban J connectivity index is 0.00000182. The molecule has 152 valence electrons. The van der Waals surface area contributed by atoms with Gasteiger partial charge in [0.1, 0.15) is 5.82 Å². The molecule has 0 aliphatic carbocycles. The lowest BCUT2D eigenvalue weighted by molar-refractivity contribution is -0.134. The highest BCUT2D eigenvalue weighted by Gasteiger charge is 2.28. The smallest absolute Gasteiger partial charge is 0.228 e. The van der Waals surface area contributed by atoms with Gasteiger partial charge in [-0.05, 0) is 63.2 Å². The Morgan fingerprint density at radius 3 is 2.56 bits per heavy atom. The van der Waals surface area contributed by atoms with Crippen molar-refractivity contribution in [1.82, 2.24) is 15.2 Å². The standard InChI is InChI=1S/C19H28N4O2.2ClH/c1-14-2-4-17(21-12-14)22-19(25)16-7-10-23(11-8-16)18(24)5-3-15-6-9-20-13-15;;/h2,4,12,15-16,20H,3,5-11,13H2,1H3,(H,21,22,25);2*1H. The summed E-state index contributed by atoms with van der Waals surface area (Å²) < 4.78 is 0. The second-order valence-corrected chi connectivity index (χ2v) is 7.26. The van der Waals surface area contributed by atoms with E-state index in [9.17, 15) is 9.59 Å². The molecule has 3 heterocycles. The second kappa shape index (κ2) is 11.5. The molecule has 0 saturated carbocycles. The van der Waals surface area contributed by atoms with Crippen molar-refractivity contribution in [2.24, 2.45) is 11.8 Å². The van der Waals surface area contributed by atoms with Crippen molar-refractivity contribution in [2.75, 3.05) is 31.5 Å². The molecule has 2 aliphatic rings. The van der Waals surface area contributed by atoms with Crippen molar-refractivity contribution < 1.29 is 9.59 Å². The van der Waals surface area contributed by atoms with E-state index in [0.29, 0.717) is 31.2 Å². The lowest BCUT2D eigenvalue weighted by Gasteiger charge is -2.31. The number of hydrogen-bond donors (Lipinski definition) is 2. The summed E-state index contributed by atoms with van der Waals surface area (Å²) in [5.74, 6) is 1.46. The van der Waals surface area contributed by atoms with Crippen LogP contribution in [-0.4, -0.2) is 47.9 Å². The molecule has 0 radical (unpaired) electrons. The fourth-order valence-corrected chi connectivity index (χ4v) is 3.61. The maximum absolute atomic E-state index is 12.4. The van der Waals surface area contributed by atoms with E-state index in [1.165, 1.54) is 6.42 Å². The minimum atomic E-state index is -0.0359. The summed E-state index contributed by atoms with van der Waals surface area (Å²) in [6.45, 7) is 5.45. The van der Waals surface area contributed by atoms with Crippen molar-refractivity contribution in [3.05, 3.63) is 23.9 Å². The van der Waals surface area contributed by atoms with E-state index >= 15 is 0 Å². The highest BCUT2D eigenvalue weighted by Crippen LogP contribution is 2.21. The van der Waals surface area contributed by atoms with Gasteiger partial charge in [-0.2, -0.15) is 0 Å². The first-order valence-corrected chi connectivity index (χ1v) is 9.34. The lowest BCUT2D eigenvalue weighted by Crippen LogP contribution is -2.41. The number of carbonyl (C=O) groups excluding carboxylic acids is 2. The summed E-state index contributed by atoms with van der Waals surface area (Å²) in [6.07, 6.45) is 6.00. The van der Waals surface area contributed by atoms with Gasteiger partial charge in [-0.15, -0.1) is 24.8 Å². The number of piperidine rings is 1. The van der Waals surface area contributed by atoms with Crippen LogP contribution in [0.15, 0.2) is 18.3 Å². The van der Waals surface area contributed by atoms with Crippen LogP contribution >= 0.6 is 24.8 Å². The average Bonchev–Trinajstić information content (AvgIpc) is 3.15. The molecule has 0 bridgehead atoms. The average molecular weight is 417 g/mol. The molecule has 3 rings (SSSR count). The predicted molar refractivity (Wildman–Crippen MR) is 112 cm³/mol. The zero-order valence-corrected chi connectivity index (χ0v) is 17.4. The van der Waals surface area contributed by atoms with E-state index < -0.39 is 0 Å². The number of amides is 2. The lowest BCUT2D eigenvalue weighted by atomic mass is 9.95. The molecule has 1 aromatic rings. The molecule has 1 atom stereocenters. The van der Waals surface area contributed by atoms with Crippen LogP contribution in [0.5, 0.6) is 0 Å². The van der Waals surface area contributed by atoms with Crippen molar-refractivity contribution in [1.29, 1.82) is 0 Å². The van der Waals surface area contributed by atoms with E-state index in [2.05, 4.69) is 15.6 Å². The van der Waals surface area contributed by atoms with Gasteiger partial charge in [-0.25, -0.2) is 4.98 Å². The molecule has 1 unspecified atom stereocenters. The number of aromatic nitrogens is 1. The maximum atomic E-state index is 12.4. The zero-order chi connectivity index (χ0) is 17.6. The zero-order valence-electron chi connectivity index (χ0n) is 15.8. The van der Waals surface area contributed by atoms with Crippen LogP contribution < -0.4 is 10.6 Å². The second-order valence-electron chi connectivity index (χ2n) is 7.26. The van der Waals surface area contributed by atoms with Gasteiger partial charge in [0.15, 0.2) is 0 Å². The molecule has 2 amide bonds. The highest BCUT2D eigenvalue weighted by molar-refractivity contribution is 5.91. The number of likely N-dealkylation sites (tertiary alicyclic amines) is 1. The summed E-state index contributed by atoms with van der Waals surface area (Å²) in [4.78, 5) is 30.9. The van der Waals surface area contributed by atoms with E-state index in [0.717, 1.165) is 37.9 Å². The number of nitrogens with one attached hydrogen (secondary N) is 2. The third-order valence-corrected chi connectivity index (χ3v) is 5.31. The molecular formula is C19H30Cl2N4O2. The molecule has 27 heavy (non-hydrogen) atoms. The van der Waals surface area contributed by atoms with Gasteiger partial charge in [-0.1, -0.05) is 6.07 Å². The van der Waals surface area contributed by atoms with Gasteiger partial charge >= 0.3 is 0 Å². The molecule has 1 aromatic heterocycles. The number of rotatable bonds is 5. The predicted octanol–water partition coefficient (Wildman–Crippen LogP) is 2.80. The number of carbonyl (C=O) groups is 2. The van der Waals surface area contributed by atoms with Gasteiger partial charge in [0.2, 0.25) is 11.8 Å². The molecule has 2 N–H and O–H groups in total. The molecule has 2 fully saturated rings. The van der Waals surface area contributed by atoms with Gasteiger partial charge in [0, 0.05) is 31.6 Å². The van der Waals surface area contributed by atoms with Crippen LogP contribution in [0.2, 0.25) is 0 Å². The normalized spacial score (nSPS) is 19.7. The SMILES string of the molecule is Cc1ccc(NC(=O)C2CCN(C(=O)CCC3CCNC3)CC2)nc1.Cl.Cl. The summed E-state index contributed by atoms with van der Waals surface area (Å²) in [5, 5.41) is 6.23. The fourth-order valence-electron chi connectivity index (χ4n) is 3.61. The van der Waals surface area contributed by atoms with Crippen LogP contribution in [0.1, 0.15) is 37.7 Å². The van der Waals surface area contributed by atoms with Crippen molar-refractivity contribution in [3.63, 3.8) is 0 Å². The number of halogens is 2. The maximum Gasteiger partial charge on any atom is 0.228 e. The summed E-state index contributed by atoms with van der Waals surface area (Å²) in [6, 6.07) is 3.76. The van der Waals surface area contributed by atoms with Crippen LogP contribution in [0.4, 0.5) is 5.82 Å². The van der Waals surface area contributed by atoms with Crippen LogP contribution in [-0.2, 0) is 9.59 Å². The minimum Gasteiger partial charge on any atom is -0.343 e. The van der Waals surface area contributed by atoms with Crippen molar-refractivity contribution >= 4 is 42.4 Å². The first-order chi connectivity index (χ1) is 12.1. The van der Waals surface area contributed by atoms with Crippen LogP contribution in [0.25, 0.3) is 0 Å². The quantitative estimate of drug-likeness (QED) is 0.773. The Morgan fingerprint density at radius 1 is 1.22 bits per heavy atom. The summed E-state index contributed by atoms with van der Waals surface area (Å²) in [5.41, 5.74) is 1.07. The molecule has 0 aromatic carbocycles. The van der Waals surface area contributed by atoms with E-state index in [1.54, 1.807) is 6.20 Å². The van der Waals surface area contributed by atoms with E-state index in [-0.39, 0.29) is 42.5 Å². The summed E-state index contributed by atoms with van der Waals surface area (Å²) >= 11 is 0. The molecule has 2 saturated heterocycles. The van der Waals surface area contributed by atoms with Gasteiger partial charge in [0.05, 0.1) is 0 Å². The first kappa shape index (κ1) is 23.7. The fraction of sp³-hybridized carbons (Fsp3) is 0.632. The third-order valence-electron chi connectivity index (χ3n) is 5.31. The molecule has 0 spiro atoms. The van der Waals surface area contributed by atoms with Crippen LogP contribution in [0, 0.1) is 18.8 Å². The largest absolute Gasteiger partial charge is 0.343 e. The number of nitrogens with zero attached hydrogens (tertiary/aromatic N) is 2. The van der Waals surface area contributed by atoms with Crippen molar-refractivity contribution in [3.8, 4) is 0 Å². The van der Waals surface area contributed by atoms with Gasteiger partial charge in [0.25, 0.3) is 0 Å². The third kappa shape index (κ3) is 6.94. The monoisotopic (exact) mass is 416 g/mol.